The fourth-order valence-electron chi connectivity index (χ4n) is 2.95. The maximum Gasteiger partial charge on any atom is 0.162 e. The van der Waals surface area contributed by atoms with E-state index in [2.05, 4.69) is 29.7 Å². The lowest BCUT2D eigenvalue weighted by Crippen LogP contribution is -1.98. The highest BCUT2D eigenvalue weighted by molar-refractivity contribution is 7.10. The third kappa shape index (κ3) is 2.66. The summed E-state index contributed by atoms with van der Waals surface area (Å²) in [6, 6.07) is 9.50. The fraction of sp³-hybridized carbons (Fsp3) is 0.111. The van der Waals surface area contributed by atoms with Crippen molar-refractivity contribution in [3.8, 4) is 17.2 Å². The summed E-state index contributed by atoms with van der Waals surface area (Å²) in [7, 11) is 5.47. The van der Waals surface area contributed by atoms with Crippen LogP contribution in [0.1, 0.15) is 0 Å². The van der Waals surface area contributed by atoms with Crippen LogP contribution in [0.2, 0.25) is 0 Å². The molecule has 4 aromatic rings. The van der Waals surface area contributed by atoms with Crippen LogP contribution < -0.4 is 19.3 Å². The van der Waals surface area contributed by atoms with Gasteiger partial charge in [0.05, 0.1) is 40.4 Å². The number of hydrogen-bond acceptors (Lipinski definition) is 6. The molecule has 0 spiro atoms. The van der Waals surface area contributed by atoms with Gasteiger partial charge >= 0.3 is 0 Å². The third-order valence-corrected chi connectivity index (χ3v) is 4.46. The van der Waals surface area contributed by atoms with E-state index in [4.69, 9.17) is 14.0 Å². The van der Waals surface area contributed by atoms with Crippen LogP contribution in [0.5, 0.6) is 17.2 Å². The molecular formula is C18H17N4O3P. The first-order valence-corrected chi connectivity index (χ1v) is 8.33. The molecular weight excluding hydrogens is 351 g/mol. The van der Waals surface area contributed by atoms with Crippen molar-refractivity contribution in [1.29, 1.82) is 0 Å². The Morgan fingerprint density at radius 2 is 1.77 bits per heavy atom. The number of hydrogen-bond donors (Lipinski definition) is 2. The molecule has 0 radical (unpaired) electrons. The summed E-state index contributed by atoms with van der Waals surface area (Å²) in [4.78, 5) is 12.0. The molecule has 0 bridgehead atoms. The van der Waals surface area contributed by atoms with Gasteiger partial charge in [-0.3, -0.25) is 0 Å². The zero-order chi connectivity index (χ0) is 18.1. The second-order valence-electron chi connectivity index (χ2n) is 5.57. The Morgan fingerprint density at radius 3 is 2.54 bits per heavy atom. The number of nitrogens with zero attached hydrogens (tertiary/aromatic N) is 2. The van der Waals surface area contributed by atoms with E-state index in [0.717, 1.165) is 33.2 Å². The molecule has 4 rings (SSSR count). The van der Waals surface area contributed by atoms with Crippen LogP contribution in [0.3, 0.4) is 0 Å². The van der Waals surface area contributed by atoms with Crippen LogP contribution in [-0.4, -0.2) is 29.2 Å². The molecule has 8 heteroatoms. The summed E-state index contributed by atoms with van der Waals surface area (Å²) in [5.74, 6) is 2.69. The Labute approximate surface area is 152 Å². The molecule has 2 aromatic carbocycles. The fourth-order valence-corrected chi connectivity index (χ4v) is 3.15. The van der Waals surface area contributed by atoms with Crippen molar-refractivity contribution in [2.24, 2.45) is 0 Å². The van der Waals surface area contributed by atoms with Crippen molar-refractivity contribution in [3.05, 3.63) is 42.9 Å². The van der Waals surface area contributed by atoms with Crippen molar-refractivity contribution in [3.63, 3.8) is 0 Å². The number of fused-ring (bicyclic) bond motifs is 2. The van der Waals surface area contributed by atoms with Crippen LogP contribution in [0.4, 0.5) is 11.5 Å². The first-order valence-electron chi connectivity index (χ1n) is 7.85. The van der Waals surface area contributed by atoms with Crippen LogP contribution in [-0.2, 0) is 0 Å². The van der Waals surface area contributed by atoms with Gasteiger partial charge in [0, 0.05) is 23.0 Å². The van der Waals surface area contributed by atoms with E-state index in [-0.39, 0.29) is 0 Å². The van der Waals surface area contributed by atoms with E-state index in [0.29, 0.717) is 17.3 Å². The van der Waals surface area contributed by atoms with Crippen LogP contribution in [0.15, 0.2) is 42.9 Å². The highest BCUT2D eigenvalue weighted by Crippen LogP contribution is 2.37. The second kappa shape index (κ2) is 6.69. The molecule has 0 saturated heterocycles. The predicted molar refractivity (Wildman–Crippen MR) is 105 cm³/mol. The number of nitrogens with one attached hydrogen (secondary N) is 2. The van der Waals surface area contributed by atoms with Gasteiger partial charge in [-0.25, -0.2) is 9.97 Å². The van der Waals surface area contributed by atoms with Crippen molar-refractivity contribution < 1.29 is 14.0 Å². The van der Waals surface area contributed by atoms with Gasteiger partial charge in [-0.2, -0.15) is 0 Å². The SMILES string of the molecule is COc1cc2ncnc(Nc3ccc(OP)c4cc[nH]c34)c2cc1OC. The number of benzene rings is 2. The number of rotatable bonds is 5. The monoisotopic (exact) mass is 368 g/mol. The van der Waals surface area contributed by atoms with E-state index in [1.54, 1.807) is 14.2 Å². The standard InChI is InChI=1S/C18H17N4O3P/c1-23-15-7-11-13(8-16(15)24-2)20-9-21-18(11)22-12-3-4-14(25-26)10-5-6-19-17(10)12/h3-9,19H,26H2,1-2H3,(H,20,21,22). The summed E-state index contributed by atoms with van der Waals surface area (Å²) in [6.07, 6.45) is 3.39. The Morgan fingerprint density at radius 1 is 0.962 bits per heavy atom. The molecule has 0 fully saturated rings. The van der Waals surface area contributed by atoms with Gasteiger partial charge in [0.2, 0.25) is 0 Å². The van der Waals surface area contributed by atoms with Crippen molar-refractivity contribution >= 4 is 42.8 Å². The van der Waals surface area contributed by atoms with Gasteiger partial charge in [0.25, 0.3) is 0 Å². The Bertz CT molecular complexity index is 1100. The van der Waals surface area contributed by atoms with E-state index in [1.165, 1.54) is 6.33 Å². The lowest BCUT2D eigenvalue weighted by Gasteiger charge is -2.13. The van der Waals surface area contributed by atoms with Crippen molar-refractivity contribution in [2.75, 3.05) is 19.5 Å². The van der Waals surface area contributed by atoms with Gasteiger partial charge < -0.3 is 24.3 Å². The number of ether oxygens (including phenoxy) is 2. The Balaban J connectivity index is 1.84. The summed E-state index contributed by atoms with van der Waals surface area (Å²) in [5, 5.41) is 5.18. The Hall–Kier alpha value is -3.05. The second-order valence-corrected chi connectivity index (χ2v) is 5.80. The third-order valence-electron chi connectivity index (χ3n) is 4.20. The van der Waals surface area contributed by atoms with Gasteiger partial charge in [-0.1, -0.05) is 0 Å². The molecule has 2 heterocycles. The summed E-state index contributed by atoms with van der Waals surface area (Å²) < 4.78 is 16.1. The molecule has 0 amide bonds. The molecule has 7 nitrogen and oxygen atoms in total. The quantitative estimate of drug-likeness (QED) is 0.518. The van der Waals surface area contributed by atoms with Gasteiger partial charge in [-0.15, -0.1) is 0 Å². The maximum atomic E-state index is 5.40. The molecule has 132 valence electrons. The highest BCUT2D eigenvalue weighted by Gasteiger charge is 2.13. The molecule has 1 atom stereocenters. The molecule has 0 aliphatic heterocycles. The molecule has 0 saturated carbocycles. The van der Waals surface area contributed by atoms with Crippen LogP contribution in [0.25, 0.3) is 21.8 Å². The smallest absolute Gasteiger partial charge is 0.162 e. The number of H-pyrrole nitrogens is 1. The van der Waals surface area contributed by atoms with E-state index in [1.807, 2.05) is 36.5 Å². The summed E-state index contributed by atoms with van der Waals surface area (Å²) in [6.45, 7) is 0. The normalized spacial score (nSPS) is 10.9. The van der Waals surface area contributed by atoms with E-state index < -0.39 is 0 Å². The number of anilines is 2. The molecule has 2 N–H and O–H groups in total. The average Bonchev–Trinajstić information content (AvgIpc) is 3.17. The first-order chi connectivity index (χ1) is 12.7. The molecule has 0 aliphatic carbocycles. The number of aromatic amines is 1. The lowest BCUT2D eigenvalue weighted by atomic mass is 10.2. The maximum absolute atomic E-state index is 5.40. The predicted octanol–water partition coefficient (Wildman–Crippen LogP) is 4.04. The van der Waals surface area contributed by atoms with E-state index in [9.17, 15) is 0 Å². The van der Waals surface area contributed by atoms with Crippen molar-refractivity contribution in [1.82, 2.24) is 15.0 Å². The van der Waals surface area contributed by atoms with Gasteiger partial charge in [0.15, 0.2) is 11.5 Å². The van der Waals surface area contributed by atoms with Gasteiger partial charge in [-0.05, 0) is 24.3 Å². The van der Waals surface area contributed by atoms with Crippen LogP contribution in [0, 0.1) is 0 Å². The molecule has 0 aliphatic rings. The lowest BCUT2D eigenvalue weighted by molar-refractivity contribution is 0.356. The first kappa shape index (κ1) is 16.4. The summed E-state index contributed by atoms with van der Waals surface area (Å²) in [5.41, 5.74) is 2.57. The minimum Gasteiger partial charge on any atom is -0.493 e. The van der Waals surface area contributed by atoms with E-state index >= 15 is 0 Å². The average molecular weight is 368 g/mol. The Kier molecular flexibility index (Phi) is 4.22. The molecule has 26 heavy (non-hydrogen) atoms. The minimum absolute atomic E-state index is 0.620. The van der Waals surface area contributed by atoms with Gasteiger partial charge in [0.1, 0.15) is 17.9 Å². The zero-order valence-corrected chi connectivity index (χ0v) is 15.4. The highest BCUT2D eigenvalue weighted by atomic mass is 31.0. The number of methoxy groups -OCH3 is 2. The molecule has 2 aromatic heterocycles. The molecule has 1 unspecified atom stereocenters. The zero-order valence-electron chi connectivity index (χ0n) is 14.2. The van der Waals surface area contributed by atoms with Crippen LogP contribution >= 0.6 is 9.47 Å². The number of aromatic nitrogens is 3. The topological polar surface area (TPSA) is 81.3 Å². The largest absolute Gasteiger partial charge is 0.493 e. The van der Waals surface area contributed by atoms with Crippen molar-refractivity contribution in [2.45, 2.75) is 0 Å². The summed E-state index contributed by atoms with van der Waals surface area (Å²) >= 11 is 0. The minimum atomic E-state index is 0.620.